The summed E-state index contributed by atoms with van der Waals surface area (Å²) >= 11 is 0. The van der Waals surface area contributed by atoms with Gasteiger partial charge in [0.1, 0.15) is 0 Å². The first-order valence-corrected chi connectivity index (χ1v) is 7.16. The van der Waals surface area contributed by atoms with Crippen LogP contribution >= 0.6 is 0 Å². The van der Waals surface area contributed by atoms with E-state index >= 15 is 0 Å². The second-order valence-corrected chi connectivity index (χ2v) is 5.43. The van der Waals surface area contributed by atoms with E-state index in [1.165, 1.54) is 14.2 Å². The number of carbonyl (C=O) groups excluding carboxylic acids is 2. The van der Waals surface area contributed by atoms with Gasteiger partial charge in [0.05, 0.1) is 32.2 Å². The Labute approximate surface area is 129 Å². The zero-order valence-electron chi connectivity index (χ0n) is 12.8. The van der Waals surface area contributed by atoms with Crippen LogP contribution in [0.5, 0.6) is 0 Å². The Balaban J connectivity index is 2.16. The smallest absolute Gasteiger partial charge is 0.312 e. The van der Waals surface area contributed by atoms with Crippen molar-refractivity contribution in [3.8, 4) is 0 Å². The Morgan fingerprint density at radius 2 is 1.59 bits per heavy atom. The van der Waals surface area contributed by atoms with E-state index < -0.39 is 29.9 Å². The predicted molar refractivity (Wildman–Crippen MR) is 78.7 cm³/mol. The molecule has 1 N–H and O–H groups in total. The van der Waals surface area contributed by atoms with Crippen LogP contribution in [0.15, 0.2) is 30.3 Å². The van der Waals surface area contributed by atoms with Crippen LogP contribution in [0.4, 0.5) is 0 Å². The van der Waals surface area contributed by atoms with Crippen molar-refractivity contribution in [2.24, 2.45) is 11.8 Å². The molecule has 6 nitrogen and oxygen atoms in total. The lowest BCUT2D eigenvalue weighted by molar-refractivity contribution is -0.165. The molecule has 0 bridgehead atoms. The number of ether oxygens (including phenoxy) is 2. The number of likely N-dealkylation sites (tertiary alicyclic amines) is 1. The Hall–Kier alpha value is -1.92. The van der Waals surface area contributed by atoms with Gasteiger partial charge in [0.15, 0.2) is 0 Å². The Morgan fingerprint density at radius 3 is 2.05 bits per heavy atom. The summed E-state index contributed by atoms with van der Waals surface area (Å²) in [7, 11) is 2.55. The molecule has 0 saturated carbocycles. The minimum Gasteiger partial charge on any atom is -0.469 e. The van der Waals surface area contributed by atoms with Gasteiger partial charge >= 0.3 is 11.9 Å². The molecule has 1 aromatic rings. The zero-order chi connectivity index (χ0) is 16.1. The normalized spacial score (nSPS) is 25.5. The molecule has 22 heavy (non-hydrogen) atoms. The molecule has 1 saturated heterocycles. The molecule has 0 amide bonds. The van der Waals surface area contributed by atoms with Crippen molar-refractivity contribution in [1.29, 1.82) is 0 Å². The van der Waals surface area contributed by atoms with Gasteiger partial charge < -0.3 is 14.6 Å². The fraction of sp³-hybridized carbons (Fsp3) is 0.500. The van der Waals surface area contributed by atoms with Crippen molar-refractivity contribution < 1.29 is 24.2 Å². The Morgan fingerprint density at radius 1 is 1.09 bits per heavy atom. The average Bonchev–Trinajstić information content (AvgIpc) is 2.55. The number of esters is 2. The standard InChI is InChI=1S/C16H21NO5/c1-21-15(19)12-9-17(8-11-6-4-3-5-7-11)10-13(14(12)18)16(20)22-2/h3-7,12-14,18H,8-10H2,1-2H3. The maximum absolute atomic E-state index is 11.9. The first-order chi connectivity index (χ1) is 10.6. The van der Waals surface area contributed by atoms with E-state index in [4.69, 9.17) is 9.47 Å². The van der Waals surface area contributed by atoms with Crippen molar-refractivity contribution in [2.75, 3.05) is 27.3 Å². The van der Waals surface area contributed by atoms with Crippen molar-refractivity contribution in [3.63, 3.8) is 0 Å². The van der Waals surface area contributed by atoms with Crippen LogP contribution in [0.1, 0.15) is 5.56 Å². The van der Waals surface area contributed by atoms with Gasteiger partial charge in [-0.15, -0.1) is 0 Å². The third kappa shape index (κ3) is 3.64. The summed E-state index contributed by atoms with van der Waals surface area (Å²) in [6, 6.07) is 9.75. The highest BCUT2D eigenvalue weighted by atomic mass is 16.5. The van der Waals surface area contributed by atoms with Gasteiger partial charge in [-0.25, -0.2) is 0 Å². The molecule has 1 aliphatic heterocycles. The summed E-state index contributed by atoms with van der Waals surface area (Å²) in [4.78, 5) is 25.7. The third-order valence-corrected chi connectivity index (χ3v) is 3.99. The molecular formula is C16H21NO5. The number of rotatable bonds is 4. The third-order valence-electron chi connectivity index (χ3n) is 3.99. The molecule has 2 atom stereocenters. The minimum atomic E-state index is -1.09. The van der Waals surface area contributed by atoms with Crippen LogP contribution in [0, 0.1) is 11.8 Å². The maximum Gasteiger partial charge on any atom is 0.312 e. The largest absolute Gasteiger partial charge is 0.469 e. The molecule has 2 unspecified atom stereocenters. The van der Waals surface area contributed by atoms with Crippen LogP contribution in [0.25, 0.3) is 0 Å². The lowest BCUT2D eigenvalue weighted by Crippen LogP contribution is -2.54. The summed E-state index contributed by atoms with van der Waals surface area (Å²) in [6.07, 6.45) is -1.09. The van der Waals surface area contributed by atoms with Gasteiger partial charge in [0.25, 0.3) is 0 Å². The number of methoxy groups -OCH3 is 2. The second-order valence-electron chi connectivity index (χ2n) is 5.43. The van der Waals surface area contributed by atoms with E-state index in [0.29, 0.717) is 19.6 Å². The van der Waals surface area contributed by atoms with E-state index in [2.05, 4.69) is 0 Å². The first-order valence-electron chi connectivity index (χ1n) is 7.16. The molecule has 0 aliphatic carbocycles. The molecule has 1 aromatic carbocycles. The van der Waals surface area contributed by atoms with Crippen molar-refractivity contribution in [1.82, 2.24) is 4.90 Å². The molecule has 2 rings (SSSR count). The van der Waals surface area contributed by atoms with E-state index in [1.54, 1.807) is 0 Å². The number of aliphatic hydroxyl groups excluding tert-OH is 1. The minimum absolute atomic E-state index is 0.343. The summed E-state index contributed by atoms with van der Waals surface area (Å²) in [5.74, 6) is -2.54. The van der Waals surface area contributed by atoms with Crippen LogP contribution in [-0.4, -0.2) is 55.4 Å². The Bertz CT molecular complexity index is 493. The SMILES string of the molecule is COC(=O)C1CN(Cc2ccccc2)CC(C(=O)OC)C1O. The highest BCUT2D eigenvalue weighted by Gasteiger charge is 2.44. The summed E-state index contributed by atoms with van der Waals surface area (Å²) in [5.41, 5.74) is 1.08. The van der Waals surface area contributed by atoms with Crippen molar-refractivity contribution >= 4 is 11.9 Å². The fourth-order valence-electron chi connectivity index (χ4n) is 2.83. The van der Waals surface area contributed by atoms with Crippen LogP contribution in [0.2, 0.25) is 0 Å². The summed E-state index contributed by atoms with van der Waals surface area (Å²) in [5, 5.41) is 10.3. The lowest BCUT2D eigenvalue weighted by atomic mass is 9.85. The highest BCUT2D eigenvalue weighted by molar-refractivity contribution is 5.78. The molecule has 6 heteroatoms. The number of nitrogens with zero attached hydrogens (tertiary/aromatic N) is 1. The molecule has 0 spiro atoms. The number of hydrogen-bond acceptors (Lipinski definition) is 6. The monoisotopic (exact) mass is 307 g/mol. The highest BCUT2D eigenvalue weighted by Crippen LogP contribution is 2.26. The van der Waals surface area contributed by atoms with Gasteiger partial charge in [-0.05, 0) is 5.56 Å². The molecule has 0 aromatic heterocycles. The molecule has 0 radical (unpaired) electrons. The lowest BCUT2D eigenvalue weighted by Gasteiger charge is -2.38. The number of piperidine rings is 1. The van der Waals surface area contributed by atoms with E-state index in [0.717, 1.165) is 5.56 Å². The number of aliphatic hydroxyl groups is 1. The van der Waals surface area contributed by atoms with Gasteiger partial charge in [0.2, 0.25) is 0 Å². The number of carbonyl (C=O) groups is 2. The fourth-order valence-corrected chi connectivity index (χ4v) is 2.83. The van der Waals surface area contributed by atoms with Crippen LogP contribution in [0.3, 0.4) is 0 Å². The molecular weight excluding hydrogens is 286 g/mol. The molecule has 120 valence electrons. The quantitative estimate of drug-likeness (QED) is 0.814. The van der Waals surface area contributed by atoms with Gasteiger partial charge in [-0.3, -0.25) is 14.5 Å². The Kier molecular flexibility index (Phi) is 5.51. The topological polar surface area (TPSA) is 76.1 Å². The van der Waals surface area contributed by atoms with Crippen LogP contribution < -0.4 is 0 Å². The van der Waals surface area contributed by atoms with E-state index in [-0.39, 0.29) is 0 Å². The summed E-state index contributed by atoms with van der Waals surface area (Å²) < 4.78 is 9.49. The van der Waals surface area contributed by atoms with Crippen molar-refractivity contribution in [2.45, 2.75) is 12.6 Å². The molecule has 1 aliphatic rings. The molecule has 1 fully saturated rings. The van der Waals surface area contributed by atoms with Crippen molar-refractivity contribution in [3.05, 3.63) is 35.9 Å². The summed E-state index contributed by atoms with van der Waals surface area (Å²) in [6.45, 7) is 1.28. The zero-order valence-corrected chi connectivity index (χ0v) is 12.8. The molecule has 1 heterocycles. The average molecular weight is 307 g/mol. The van der Waals surface area contributed by atoms with E-state index in [9.17, 15) is 14.7 Å². The number of hydrogen-bond donors (Lipinski definition) is 1. The first kappa shape index (κ1) is 16.5. The van der Waals surface area contributed by atoms with Gasteiger partial charge in [-0.2, -0.15) is 0 Å². The second kappa shape index (κ2) is 7.38. The van der Waals surface area contributed by atoms with E-state index in [1.807, 2.05) is 35.2 Å². The predicted octanol–water partition coefficient (Wildman–Crippen LogP) is 0.442. The van der Waals surface area contributed by atoms with Gasteiger partial charge in [0, 0.05) is 19.6 Å². The van der Waals surface area contributed by atoms with Crippen LogP contribution in [-0.2, 0) is 25.6 Å². The van der Waals surface area contributed by atoms with Gasteiger partial charge in [-0.1, -0.05) is 30.3 Å². The number of benzene rings is 1. The maximum atomic E-state index is 11.9.